The lowest BCUT2D eigenvalue weighted by atomic mass is 10.00. The average molecular weight is 403 g/mol. The van der Waals surface area contributed by atoms with Gasteiger partial charge >= 0.3 is 6.03 Å². The summed E-state index contributed by atoms with van der Waals surface area (Å²) in [6.07, 6.45) is 4.78. The Morgan fingerprint density at radius 2 is 2.19 bits per heavy atom. The van der Waals surface area contributed by atoms with Gasteiger partial charge < -0.3 is 15.1 Å². The first-order valence-electron chi connectivity index (χ1n) is 8.97. The molecule has 0 saturated carbocycles. The summed E-state index contributed by atoms with van der Waals surface area (Å²) in [6.45, 7) is 1.64. The van der Waals surface area contributed by atoms with Crippen molar-refractivity contribution in [2.75, 3.05) is 40.0 Å². The van der Waals surface area contributed by atoms with Crippen molar-refractivity contribution in [3.63, 3.8) is 0 Å². The van der Waals surface area contributed by atoms with Crippen LogP contribution < -0.4 is 10.0 Å². The fourth-order valence-corrected chi connectivity index (χ4v) is 4.69. The number of hydrogen-bond donors (Lipinski definition) is 2. The zero-order chi connectivity index (χ0) is 19.2. The number of urea groups is 1. The SMILES string of the molecule is CN(C)[C@H](CNC(=O)N1CCCC[C@@H]1CCNS(C)(=O)=O)c1cccs1. The Hall–Kier alpha value is -1.16. The second kappa shape index (κ2) is 9.68. The standard InChI is InChI=1S/C17H30N4O3S2/c1-20(2)15(16-8-6-12-25-16)13-18-17(22)21-11-5-4-7-14(21)9-10-19-26(3,23)24/h6,8,12,14-15,19H,4-5,7,9-11,13H2,1-3H3,(H,18,22)/t14-,15-/m1/s1. The Labute approximate surface area is 160 Å². The van der Waals surface area contributed by atoms with Crippen molar-refractivity contribution in [2.45, 2.75) is 37.8 Å². The van der Waals surface area contributed by atoms with E-state index in [9.17, 15) is 13.2 Å². The van der Waals surface area contributed by atoms with Gasteiger partial charge in [-0.05, 0) is 51.2 Å². The zero-order valence-corrected chi connectivity index (χ0v) is 17.4. The van der Waals surface area contributed by atoms with Crippen LogP contribution in [0.1, 0.15) is 36.6 Å². The summed E-state index contributed by atoms with van der Waals surface area (Å²) in [7, 11) is 0.830. The summed E-state index contributed by atoms with van der Waals surface area (Å²) < 4.78 is 25.0. The monoisotopic (exact) mass is 402 g/mol. The fourth-order valence-electron chi connectivity index (χ4n) is 3.28. The van der Waals surface area contributed by atoms with E-state index in [4.69, 9.17) is 0 Å². The van der Waals surface area contributed by atoms with Crippen LogP contribution in [-0.2, 0) is 10.0 Å². The topological polar surface area (TPSA) is 81.8 Å². The number of carbonyl (C=O) groups is 1. The molecule has 148 valence electrons. The van der Waals surface area contributed by atoms with Crippen molar-refractivity contribution in [1.29, 1.82) is 0 Å². The first-order chi connectivity index (χ1) is 12.3. The first kappa shape index (κ1) is 21.1. The number of nitrogens with zero attached hydrogens (tertiary/aromatic N) is 2. The highest BCUT2D eigenvalue weighted by Gasteiger charge is 2.27. The van der Waals surface area contributed by atoms with Crippen molar-refractivity contribution in [2.24, 2.45) is 0 Å². The van der Waals surface area contributed by atoms with Crippen LogP contribution in [0.15, 0.2) is 17.5 Å². The molecule has 2 N–H and O–H groups in total. The quantitative estimate of drug-likeness (QED) is 0.695. The molecule has 9 heteroatoms. The van der Waals surface area contributed by atoms with Crippen molar-refractivity contribution < 1.29 is 13.2 Å². The van der Waals surface area contributed by atoms with Crippen molar-refractivity contribution >= 4 is 27.4 Å². The number of sulfonamides is 1. The van der Waals surface area contributed by atoms with E-state index in [1.165, 1.54) is 4.88 Å². The van der Waals surface area contributed by atoms with E-state index in [1.807, 2.05) is 30.4 Å². The van der Waals surface area contributed by atoms with Gasteiger partial charge in [0, 0.05) is 30.6 Å². The summed E-state index contributed by atoms with van der Waals surface area (Å²) >= 11 is 1.69. The predicted octanol–water partition coefficient (Wildman–Crippen LogP) is 1.85. The number of hydrogen-bond acceptors (Lipinski definition) is 5. The molecule has 2 rings (SSSR count). The second-order valence-electron chi connectivity index (χ2n) is 6.98. The molecule has 0 radical (unpaired) electrons. The average Bonchev–Trinajstić information content (AvgIpc) is 3.08. The normalized spacial score (nSPS) is 19.5. The molecule has 0 aromatic carbocycles. The largest absolute Gasteiger partial charge is 0.336 e. The lowest BCUT2D eigenvalue weighted by Gasteiger charge is -2.36. The Morgan fingerprint density at radius 3 is 2.81 bits per heavy atom. The second-order valence-corrected chi connectivity index (χ2v) is 9.79. The summed E-state index contributed by atoms with van der Waals surface area (Å²) in [5.41, 5.74) is 0. The summed E-state index contributed by atoms with van der Waals surface area (Å²) in [4.78, 5) is 17.9. The van der Waals surface area contributed by atoms with Crippen LogP contribution in [0.5, 0.6) is 0 Å². The van der Waals surface area contributed by atoms with E-state index < -0.39 is 10.0 Å². The third-order valence-corrected chi connectivity index (χ3v) is 6.37. The molecule has 1 aliphatic heterocycles. The number of likely N-dealkylation sites (tertiary alicyclic amines) is 1. The van der Waals surface area contributed by atoms with Crippen LogP contribution >= 0.6 is 11.3 Å². The van der Waals surface area contributed by atoms with E-state index in [1.54, 1.807) is 11.3 Å². The lowest BCUT2D eigenvalue weighted by molar-refractivity contribution is 0.144. The Balaban J connectivity index is 1.90. The van der Waals surface area contributed by atoms with Crippen molar-refractivity contribution in [3.05, 3.63) is 22.4 Å². The number of likely N-dealkylation sites (N-methyl/N-ethyl adjacent to an activating group) is 1. The maximum Gasteiger partial charge on any atom is 0.317 e. The van der Waals surface area contributed by atoms with Gasteiger partial charge in [-0.1, -0.05) is 6.07 Å². The van der Waals surface area contributed by atoms with Gasteiger partial charge in [-0.25, -0.2) is 17.9 Å². The van der Waals surface area contributed by atoms with Gasteiger partial charge in [-0.15, -0.1) is 11.3 Å². The van der Waals surface area contributed by atoms with Crippen LogP contribution in [0.3, 0.4) is 0 Å². The molecule has 1 aliphatic rings. The Kier molecular flexibility index (Phi) is 7.87. The summed E-state index contributed by atoms with van der Waals surface area (Å²) in [5.74, 6) is 0. The van der Waals surface area contributed by atoms with Crippen molar-refractivity contribution in [3.8, 4) is 0 Å². The smallest absolute Gasteiger partial charge is 0.317 e. The van der Waals surface area contributed by atoms with E-state index in [-0.39, 0.29) is 18.1 Å². The summed E-state index contributed by atoms with van der Waals surface area (Å²) in [6, 6.07) is 4.28. The van der Waals surface area contributed by atoms with Crippen LogP contribution in [0.4, 0.5) is 4.79 Å². The minimum atomic E-state index is -3.19. The van der Waals surface area contributed by atoms with Gasteiger partial charge in [0.2, 0.25) is 10.0 Å². The number of carbonyl (C=O) groups excluding carboxylic acids is 1. The maximum absolute atomic E-state index is 12.7. The molecule has 0 bridgehead atoms. The minimum absolute atomic E-state index is 0.0579. The molecular formula is C17H30N4O3S2. The molecule has 2 atom stereocenters. The molecule has 2 heterocycles. The first-order valence-corrected chi connectivity index (χ1v) is 11.7. The van der Waals surface area contributed by atoms with E-state index >= 15 is 0 Å². The third kappa shape index (κ3) is 6.53. The van der Waals surface area contributed by atoms with Crippen LogP contribution in [-0.4, -0.2) is 70.3 Å². The number of nitrogens with one attached hydrogen (secondary N) is 2. The van der Waals surface area contributed by atoms with Gasteiger partial charge in [0.25, 0.3) is 0 Å². The van der Waals surface area contributed by atoms with Gasteiger partial charge in [-0.3, -0.25) is 0 Å². The molecule has 7 nitrogen and oxygen atoms in total. The van der Waals surface area contributed by atoms with E-state index in [0.29, 0.717) is 19.5 Å². The molecule has 1 fully saturated rings. The zero-order valence-electron chi connectivity index (χ0n) is 15.8. The lowest BCUT2D eigenvalue weighted by Crippen LogP contribution is -2.50. The number of amides is 2. The molecule has 0 aliphatic carbocycles. The highest BCUT2D eigenvalue weighted by atomic mass is 32.2. The van der Waals surface area contributed by atoms with Crippen molar-refractivity contribution in [1.82, 2.24) is 19.8 Å². The molecular weight excluding hydrogens is 372 g/mol. The summed E-state index contributed by atoms with van der Waals surface area (Å²) in [5, 5.41) is 5.12. The van der Waals surface area contributed by atoms with Gasteiger partial charge in [-0.2, -0.15) is 0 Å². The molecule has 26 heavy (non-hydrogen) atoms. The Bertz CT molecular complexity index is 662. The van der Waals surface area contributed by atoms with Crippen LogP contribution in [0.2, 0.25) is 0 Å². The maximum atomic E-state index is 12.7. The molecule has 2 amide bonds. The highest BCUT2D eigenvalue weighted by molar-refractivity contribution is 7.88. The number of rotatable bonds is 8. The van der Waals surface area contributed by atoms with Crippen LogP contribution in [0.25, 0.3) is 0 Å². The van der Waals surface area contributed by atoms with E-state index in [2.05, 4.69) is 21.0 Å². The molecule has 1 aromatic rings. The number of piperidine rings is 1. The number of thiophene rings is 1. The van der Waals surface area contributed by atoms with E-state index in [0.717, 1.165) is 32.1 Å². The van der Waals surface area contributed by atoms with Crippen LogP contribution in [0, 0.1) is 0 Å². The van der Waals surface area contributed by atoms with Gasteiger partial charge in [0.15, 0.2) is 0 Å². The third-order valence-electron chi connectivity index (χ3n) is 4.67. The Morgan fingerprint density at radius 1 is 1.42 bits per heavy atom. The van der Waals surface area contributed by atoms with Gasteiger partial charge in [0.05, 0.1) is 12.3 Å². The molecule has 1 saturated heterocycles. The molecule has 0 unspecified atom stereocenters. The predicted molar refractivity (Wildman–Crippen MR) is 106 cm³/mol. The molecule has 0 spiro atoms. The highest BCUT2D eigenvalue weighted by Crippen LogP contribution is 2.23. The minimum Gasteiger partial charge on any atom is -0.336 e. The van der Waals surface area contributed by atoms with Gasteiger partial charge in [0.1, 0.15) is 0 Å². The fraction of sp³-hybridized carbons (Fsp3) is 0.706. The molecule has 1 aromatic heterocycles.